The van der Waals surface area contributed by atoms with E-state index in [1.165, 1.54) is 7.11 Å². The highest BCUT2D eigenvalue weighted by Gasteiger charge is 2.36. The first-order valence-electron chi connectivity index (χ1n) is 11.9. The zero-order valence-electron chi connectivity index (χ0n) is 21.1. The van der Waals surface area contributed by atoms with Gasteiger partial charge in [-0.2, -0.15) is 0 Å². The van der Waals surface area contributed by atoms with Crippen LogP contribution in [-0.4, -0.2) is 43.3 Å². The van der Waals surface area contributed by atoms with Gasteiger partial charge in [0.15, 0.2) is 6.10 Å². The SMILES string of the molecule is COC(=O)[C@@H](NC(=O)[C@H](O)[C@@H](c1ccccc1)N(Cc1ccccc1)c1ccc(OC)cc1)C(C)C. The van der Waals surface area contributed by atoms with E-state index >= 15 is 0 Å². The normalized spacial score (nSPS) is 13.4. The molecule has 0 unspecified atom stereocenters. The fourth-order valence-corrected chi connectivity index (χ4v) is 4.09. The van der Waals surface area contributed by atoms with E-state index in [2.05, 4.69) is 5.32 Å². The molecule has 0 aliphatic rings. The summed E-state index contributed by atoms with van der Waals surface area (Å²) in [6, 6.07) is 25.1. The van der Waals surface area contributed by atoms with Gasteiger partial charge in [0.05, 0.1) is 20.3 Å². The predicted octanol–water partition coefficient (Wildman–Crippen LogP) is 4.12. The number of ether oxygens (including phenoxy) is 2. The molecule has 1 amide bonds. The third kappa shape index (κ3) is 6.64. The number of hydrogen-bond donors (Lipinski definition) is 2. The van der Waals surface area contributed by atoms with Crippen LogP contribution >= 0.6 is 0 Å². The van der Waals surface area contributed by atoms with Crippen molar-refractivity contribution in [1.29, 1.82) is 0 Å². The summed E-state index contributed by atoms with van der Waals surface area (Å²) in [7, 11) is 2.88. The first kappa shape index (κ1) is 26.8. The Balaban J connectivity index is 2.05. The number of methoxy groups -OCH3 is 2. The second-order valence-corrected chi connectivity index (χ2v) is 8.87. The van der Waals surface area contributed by atoms with Crippen LogP contribution in [0.4, 0.5) is 5.69 Å². The van der Waals surface area contributed by atoms with E-state index < -0.39 is 30.1 Å². The van der Waals surface area contributed by atoms with Crippen LogP contribution < -0.4 is 15.0 Å². The van der Waals surface area contributed by atoms with Crippen molar-refractivity contribution >= 4 is 17.6 Å². The molecule has 190 valence electrons. The van der Waals surface area contributed by atoms with Crippen molar-refractivity contribution in [3.05, 3.63) is 96.1 Å². The number of benzene rings is 3. The van der Waals surface area contributed by atoms with Crippen molar-refractivity contribution in [3.8, 4) is 5.75 Å². The van der Waals surface area contributed by atoms with Crippen LogP contribution in [-0.2, 0) is 20.9 Å². The number of nitrogens with one attached hydrogen (secondary N) is 1. The molecular formula is C29H34N2O5. The average Bonchev–Trinajstić information content (AvgIpc) is 2.91. The summed E-state index contributed by atoms with van der Waals surface area (Å²) < 4.78 is 10.2. The van der Waals surface area contributed by atoms with Crippen molar-refractivity contribution in [3.63, 3.8) is 0 Å². The Morgan fingerprint density at radius 1 is 0.889 bits per heavy atom. The minimum Gasteiger partial charge on any atom is -0.497 e. The van der Waals surface area contributed by atoms with E-state index in [0.29, 0.717) is 12.3 Å². The number of hydrogen-bond acceptors (Lipinski definition) is 6. The van der Waals surface area contributed by atoms with Crippen LogP contribution in [0.5, 0.6) is 5.75 Å². The van der Waals surface area contributed by atoms with Gasteiger partial charge in [-0.3, -0.25) is 4.79 Å². The molecule has 0 bridgehead atoms. The Bertz CT molecular complexity index is 1100. The Hall–Kier alpha value is -3.84. The monoisotopic (exact) mass is 490 g/mol. The van der Waals surface area contributed by atoms with Crippen LogP contribution in [0.2, 0.25) is 0 Å². The van der Waals surface area contributed by atoms with E-state index in [1.54, 1.807) is 7.11 Å². The lowest BCUT2D eigenvalue weighted by Crippen LogP contribution is -2.52. The summed E-state index contributed by atoms with van der Waals surface area (Å²) in [5.41, 5.74) is 2.57. The molecule has 2 N–H and O–H groups in total. The Labute approximate surface area is 212 Å². The van der Waals surface area contributed by atoms with E-state index in [9.17, 15) is 14.7 Å². The number of carbonyl (C=O) groups excluding carboxylic acids is 2. The molecule has 0 spiro atoms. The number of nitrogens with zero attached hydrogens (tertiary/aromatic N) is 1. The maximum absolute atomic E-state index is 13.4. The van der Waals surface area contributed by atoms with E-state index in [0.717, 1.165) is 16.8 Å². The maximum atomic E-state index is 13.4. The minimum atomic E-state index is -1.48. The number of anilines is 1. The summed E-state index contributed by atoms with van der Waals surface area (Å²) in [6.45, 7) is 4.05. The molecule has 0 saturated heterocycles. The summed E-state index contributed by atoms with van der Waals surface area (Å²) >= 11 is 0. The van der Waals surface area contributed by atoms with Gasteiger partial charge in [0, 0.05) is 12.2 Å². The highest BCUT2D eigenvalue weighted by atomic mass is 16.5. The molecule has 0 aromatic heterocycles. The lowest BCUT2D eigenvalue weighted by Gasteiger charge is -2.37. The van der Waals surface area contributed by atoms with Crippen molar-refractivity contribution < 1.29 is 24.2 Å². The Kier molecular flexibility index (Phi) is 9.47. The van der Waals surface area contributed by atoms with Crippen molar-refractivity contribution in [2.75, 3.05) is 19.1 Å². The summed E-state index contributed by atoms with van der Waals surface area (Å²) in [5, 5.41) is 14.2. The minimum absolute atomic E-state index is 0.217. The molecule has 7 nitrogen and oxygen atoms in total. The molecule has 3 aromatic rings. The van der Waals surface area contributed by atoms with Gasteiger partial charge in [0.25, 0.3) is 5.91 Å². The van der Waals surface area contributed by atoms with Crippen LogP contribution in [0.1, 0.15) is 31.0 Å². The molecule has 36 heavy (non-hydrogen) atoms. The van der Waals surface area contributed by atoms with Crippen LogP contribution in [0.15, 0.2) is 84.9 Å². The topological polar surface area (TPSA) is 88.1 Å². The van der Waals surface area contributed by atoms with Crippen molar-refractivity contribution in [2.24, 2.45) is 5.92 Å². The predicted molar refractivity (Wildman–Crippen MR) is 140 cm³/mol. The van der Waals surface area contributed by atoms with Crippen LogP contribution in [0, 0.1) is 5.92 Å². The van der Waals surface area contributed by atoms with E-state index in [1.807, 2.05) is 104 Å². The van der Waals surface area contributed by atoms with Gasteiger partial charge < -0.3 is 24.8 Å². The fourth-order valence-electron chi connectivity index (χ4n) is 4.09. The van der Waals surface area contributed by atoms with Crippen LogP contribution in [0.3, 0.4) is 0 Å². The molecule has 0 fully saturated rings. The quantitative estimate of drug-likeness (QED) is 0.393. The van der Waals surface area contributed by atoms with Gasteiger partial charge >= 0.3 is 5.97 Å². The first-order valence-corrected chi connectivity index (χ1v) is 11.9. The fraction of sp³-hybridized carbons (Fsp3) is 0.310. The van der Waals surface area contributed by atoms with Gasteiger partial charge in [-0.1, -0.05) is 74.5 Å². The summed E-state index contributed by atoms with van der Waals surface area (Å²) in [4.78, 5) is 27.6. The van der Waals surface area contributed by atoms with Gasteiger partial charge in [-0.25, -0.2) is 4.79 Å². The number of esters is 1. The van der Waals surface area contributed by atoms with Gasteiger partial charge in [0.2, 0.25) is 0 Å². The number of rotatable bonds is 11. The van der Waals surface area contributed by atoms with Gasteiger partial charge in [-0.15, -0.1) is 0 Å². The lowest BCUT2D eigenvalue weighted by molar-refractivity contribution is -0.147. The van der Waals surface area contributed by atoms with Gasteiger partial charge in [0.1, 0.15) is 11.8 Å². The van der Waals surface area contributed by atoms with Crippen molar-refractivity contribution in [2.45, 2.75) is 38.6 Å². The molecule has 0 aliphatic carbocycles. The van der Waals surface area contributed by atoms with E-state index in [-0.39, 0.29) is 5.92 Å². The molecular weight excluding hydrogens is 456 g/mol. The van der Waals surface area contributed by atoms with Crippen molar-refractivity contribution in [1.82, 2.24) is 5.32 Å². The number of aliphatic hydroxyl groups excluding tert-OH is 1. The molecule has 3 rings (SSSR count). The third-order valence-corrected chi connectivity index (χ3v) is 6.06. The molecule has 7 heteroatoms. The number of carbonyl (C=O) groups is 2. The van der Waals surface area contributed by atoms with Crippen LogP contribution in [0.25, 0.3) is 0 Å². The smallest absolute Gasteiger partial charge is 0.328 e. The second kappa shape index (κ2) is 12.7. The second-order valence-electron chi connectivity index (χ2n) is 8.87. The average molecular weight is 491 g/mol. The highest BCUT2D eigenvalue weighted by Crippen LogP contribution is 2.33. The molecule has 0 heterocycles. The number of aliphatic hydroxyl groups is 1. The molecule has 0 aliphatic heterocycles. The largest absolute Gasteiger partial charge is 0.497 e. The number of amides is 1. The third-order valence-electron chi connectivity index (χ3n) is 6.06. The molecule has 3 atom stereocenters. The molecule has 3 aromatic carbocycles. The zero-order chi connectivity index (χ0) is 26.1. The summed E-state index contributed by atoms with van der Waals surface area (Å²) in [5.74, 6) is -0.728. The zero-order valence-corrected chi connectivity index (χ0v) is 21.1. The van der Waals surface area contributed by atoms with Gasteiger partial charge in [-0.05, 0) is 41.3 Å². The highest BCUT2D eigenvalue weighted by molar-refractivity contribution is 5.88. The Morgan fingerprint density at radius 2 is 1.47 bits per heavy atom. The maximum Gasteiger partial charge on any atom is 0.328 e. The first-order chi connectivity index (χ1) is 17.3. The Morgan fingerprint density at radius 3 is 2.00 bits per heavy atom. The van der Waals surface area contributed by atoms with E-state index in [4.69, 9.17) is 9.47 Å². The summed E-state index contributed by atoms with van der Waals surface area (Å²) in [6.07, 6.45) is -1.48. The molecule has 0 saturated carbocycles. The molecule has 0 radical (unpaired) electrons. The standard InChI is InChI=1S/C29H34N2O5/c1-20(2)25(29(34)36-4)30-28(33)27(32)26(22-13-9-6-10-14-22)31(19-21-11-7-5-8-12-21)23-15-17-24(35-3)18-16-23/h5-18,20,25-27,32H,19H2,1-4H3,(H,30,33)/t25-,26+,27+/m0/s1. The lowest BCUT2D eigenvalue weighted by atomic mass is 9.96.